The number of benzene rings is 1. The van der Waals surface area contributed by atoms with E-state index in [9.17, 15) is 14.4 Å². The minimum absolute atomic E-state index is 0.0422. The third-order valence-corrected chi connectivity index (χ3v) is 5.93. The quantitative estimate of drug-likeness (QED) is 0.414. The summed E-state index contributed by atoms with van der Waals surface area (Å²) >= 11 is 17.2. The third kappa shape index (κ3) is 4.30. The number of carbonyl (C=O) groups excluding carboxylic acids is 3. The first-order chi connectivity index (χ1) is 14.8. The normalized spacial score (nSPS) is 18.6. The van der Waals surface area contributed by atoms with Crippen molar-refractivity contribution in [1.82, 2.24) is 15.1 Å². The van der Waals surface area contributed by atoms with Crippen LogP contribution in [-0.4, -0.2) is 58.8 Å². The average molecular weight is 479 g/mol. The molecule has 160 valence electrons. The summed E-state index contributed by atoms with van der Waals surface area (Å²) in [6.45, 7) is 1.75. The maximum atomic E-state index is 13.1. The van der Waals surface area contributed by atoms with Crippen LogP contribution >= 0.6 is 35.4 Å². The predicted molar refractivity (Wildman–Crippen MR) is 119 cm³/mol. The molecule has 0 aliphatic carbocycles. The molecule has 2 aliphatic rings. The fraction of sp³-hybridized carbons (Fsp3) is 0.200. The van der Waals surface area contributed by atoms with Gasteiger partial charge in [0.2, 0.25) is 0 Å². The van der Waals surface area contributed by atoms with Crippen LogP contribution in [0, 0.1) is 0 Å². The molecule has 0 saturated carbocycles. The van der Waals surface area contributed by atoms with Gasteiger partial charge < -0.3 is 14.2 Å². The molecule has 0 bridgehead atoms. The summed E-state index contributed by atoms with van der Waals surface area (Å²) in [5.41, 5.74) is 0.328. The largest absolute Gasteiger partial charge is 0.459 e. The van der Waals surface area contributed by atoms with Gasteiger partial charge in [-0.15, -0.1) is 0 Å². The summed E-state index contributed by atoms with van der Waals surface area (Å²) in [5.74, 6) is -1.07. The molecule has 0 unspecified atom stereocenters. The minimum Gasteiger partial charge on any atom is -0.459 e. The predicted octanol–water partition coefficient (Wildman–Crippen LogP) is 2.68. The first-order valence-corrected chi connectivity index (χ1v) is 10.4. The van der Waals surface area contributed by atoms with E-state index in [4.69, 9.17) is 39.8 Å². The molecule has 0 radical (unpaired) electrons. The second-order valence-electron chi connectivity index (χ2n) is 6.85. The second-order valence-corrected chi connectivity index (χ2v) is 8.05. The van der Waals surface area contributed by atoms with Crippen LogP contribution in [0.15, 0.2) is 52.8 Å². The van der Waals surface area contributed by atoms with Crippen molar-refractivity contribution in [3.63, 3.8) is 0 Å². The van der Waals surface area contributed by atoms with Crippen molar-refractivity contribution in [3.05, 3.63) is 64.2 Å². The number of anilines is 1. The van der Waals surface area contributed by atoms with Gasteiger partial charge in [0.25, 0.3) is 17.7 Å². The third-order valence-electron chi connectivity index (χ3n) is 4.91. The Morgan fingerprint density at radius 1 is 1.10 bits per heavy atom. The van der Waals surface area contributed by atoms with Gasteiger partial charge in [0.15, 0.2) is 10.9 Å². The molecule has 8 nitrogen and oxygen atoms in total. The molecule has 2 aromatic rings. The van der Waals surface area contributed by atoms with Crippen LogP contribution in [0.4, 0.5) is 5.69 Å². The van der Waals surface area contributed by atoms with Crippen molar-refractivity contribution < 1.29 is 18.8 Å². The summed E-state index contributed by atoms with van der Waals surface area (Å²) in [5, 5.41) is 3.08. The SMILES string of the molecule is O=C1NC(=S)N(c2ccc(Cl)c(Cl)c2)C(=O)/C1=C/N1CCN(C(=O)c2ccco2)CC1. The van der Waals surface area contributed by atoms with E-state index in [2.05, 4.69) is 5.32 Å². The Labute approximate surface area is 193 Å². The van der Waals surface area contributed by atoms with E-state index in [1.165, 1.54) is 23.4 Å². The van der Waals surface area contributed by atoms with E-state index < -0.39 is 11.8 Å². The zero-order valence-corrected chi connectivity index (χ0v) is 18.3. The number of hydrogen-bond acceptors (Lipinski definition) is 6. The van der Waals surface area contributed by atoms with Gasteiger partial charge in [0.1, 0.15) is 5.57 Å². The molecule has 2 saturated heterocycles. The monoisotopic (exact) mass is 478 g/mol. The van der Waals surface area contributed by atoms with Gasteiger partial charge in [-0.3, -0.25) is 24.6 Å². The van der Waals surface area contributed by atoms with Gasteiger partial charge in [-0.2, -0.15) is 0 Å². The van der Waals surface area contributed by atoms with Gasteiger partial charge in [-0.25, -0.2) is 0 Å². The molecule has 1 N–H and O–H groups in total. The van der Waals surface area contributed by atoms with Crippen molar-refractivity contribution >= 4 is 63.9 Å². The van der Waals surface area contributed by atoms with Crippen LogP contribution in [0.25, 0.3) is 0 Å². The smallest absolute Gasteiger partial charge is 0.289 e. The molecule has 2 aliphatic heterocycles. The fourth-order valence-corrected chi connectivity index (χ4v) is 3.87. The number of carbonyl (C=O) groups is 3. The molecule has 0 atom stereocenters. The van der Waals surface area contributed by atoms with Gasteiger partial charge >= 0.3 is 0 Å². The summed E-state index contributed by atoms with van der Waals surface area (Å²) < 4.78 is 5.15. The number of piperazine rings is 1. The van der Waals surface area contributed by atoms with Crippen molar-refractivity contribution in [3.8, 4) is 0 Å². The minimum atomic E-state index is -0.583. The number of thiocarbonyl (C=S) groups is 1. The van der Waals surface area contributed by atoms with Gasteiger partial charge in [-0.05, 0) is 42.5 Å². The Morgan fingerprint density at radius 3 is 2.48 bits per heavy atom. The lowest BCUT2D eigenvalue weighted by molar-refractivity contribution is -0.122. The lowest BCUT2D eigenvalue weighted by atomic mass is 10.1. The lowest BCUT2D eigenvalue weighted by Gasteiger charge is -2.35. The Bertz CT molecular complexity index is 1090. The first-order valence-electron chi connectivity index (χ1n) is 9.28. The number of hydrogen-bond donors (Lipinski definition) is 1. The van der Waals surface area contributed by atoms with Crippen LogP contribution in [0.1, 0.15) is 10.6 Å². The Morgan fingerprint density at radius 2 is 1.84 bits per heavy atom. The zero-order valence-electron chi connectivity index (χ0n) is 16.0. The van der Waals surface area contributed by atoms with E-state index in [1.807, 2.05) is 4.90 Å². The average Bonchev–Trinajstić information content (AvgIpc) is 3.28. The Balaban J connectivity index is 1.50. The number of halogens is 2. The Kier molecular flexibility index (Phi) is 5.99. The zero-order chi connectivity index (χ0) is 22.1. The summed E-state index contributed by atoms with van der Waals surface area (Å²) in [7, 11) is 0. The van der Waals surface area contributed by atoms with Gasteiger partial charge in [-0.1, -0.05) is 23.2 Å². The highest BCUT2D eigenvalue weighted by Crippen LogP contribution is 2.29. The molecule has 3 amide bonds. The van der Waals surface area contributed by atoms with Crippen LogP contribution in [-0.2, 0) is 9.59 Å². The number of nitrogens with zero attached hydrogens (tertiary/aromatic N) is 3. The van der Waals surface area contributed by atoms with E-state index in [0.29, 0.717) is 36.9 Å². The molecule has 4 rings (SSSR count). The van der Waals surface area contributed by atoms with E-state index in [-0.39, 0.29) is 27.4 Å². The molecular weight excluding hydrogens is 463 g/mol. The summed E-state index contributed by atoms with van der Waals surface area (Å²) in [6, 6.07) is 7.91. The van der Waals surface area contributed by atoms with Crippen molar-refractivity contribution in [1.29, 1.82) is 0 Å². The van der Waals surface area contributed by atoms with Crippen molar-refractivity contribution in [2.45, 2.75) is 0 Å². The number of rotatable bonds is 3. The van der Waals surface area contributed by atoms with Crippen LogP contribution in [0.2, 0.25) is 10.0 Å². The molecule has 1 aromatic heterocycles. The molecule has 11 heteroatoms. The molecule has 0 spiro atoms. The highest BCUT2D eigenvalue weighted by Gasteiger charge is 2.35. The standard InChI is InChI=1S/C20H16Cl2N4O4S/c21-14-4-3-12(10-15(14)22)26-18(28)13(17(27)23-20(26)31)11-24-5-7-25(8-6-24)19(29)16-2-1-9-30-16/h1-4,9-11H,5-8H2,(H,23,27,31)/b13-11+. The number of nitrogens with one attached hydrogen (secondary N) is 1. The fourth-order valence-electron chi connectivity index (χ4n) is 3.30. The van der Waals surface area contributed by atoms with Crippen LogP contribution in [0.3, 0.4) is 0 Å². The lowest BCUT2D eigenvalue weighted by Crippen LogP contribution is -2.55. The molecule has 1 aromatic carbocycles. The van der Waals surface area contributed by atoms with Crippen molar-refractivity contribution in [2.75, 3.05) is 31.1 Å². The first kappa shape index (κ1) is 21.4. The second kappa shape index (κ2) is 8.70. The maximum Gasteiger partial charge on any atom is 0.289 e. The van der Waals surface area contributed by atoms with E-state index in [1.54, 1.807) is 29.2 Å². The van der Waals surface area contributed by atoms with E-state index in [0.717, 1.165) is 0 Å². The van der Waals surface area contributed by atoms with Crippen LogP contribution < -0.4 is 10.2 Å². The molecule has 2 fully saturated rings. The Hall–Kier alpha value is -2.88. The summed E-state index contributed by atoms with van der Waals surface area (Å²) in [6.07, 6.45) is 2.95. The number of amides is 3. The summed E-state index contributed by atoms with van der Waals surface area (Å²) in [4.78, 5) is 42.6. The van der Waals surface area contributed by atoms with Crippen LogP contribution in [0.5, 0.6) is 0 Å². The van der Waals surface area contributed by atoms with Gasteiger partial charge in [0.05, 0.1) is 22.0 Å². The highest BCUT2D eigenvalue weighted by molar-refractivity contribution is 7.80. The molecule has 3 heterocycles. The van der Waals surface area contributed by atoms with E-state index >= 15 is 0 Å². The number of furan rings is 1. The van der Waals surface area contributed by atoms with Gasteiger partial charge in [0, 0.05) is 32.4 Å². The molecule has 31 heavy (non-hydrogen) atoms. The topological polar surface area (TPSA) is 86.1 Å². The van der Waals surface area contributed by atoms with Crippen molar-refractivity contribution in [2.24, 2.45) is 0 Å². The maximum absolute atomic E-state index is 13.1. The molecular formula is C20H16Cl2N4O4S. The highest BCUT2D eigenvalue weighted by atomic mass is 35.5.